The molecule has 7 rings (SSSR count). The minimum absolute atomic E-state index is 0. The summed E-state index contributed by atoms with van der Waals surface area (Å²) in [6, 6.07) is 33.4. The number of hydrogen-bond donors (Lipinski definition) is 1. The Bertz CT molecular complexity index is 2010. The fourth-order valence-corrected chi connectivity index (χ4v) is 5.20. The number of aromatic hydroxyl groups is 1. The predicted octanol–water partition coefficient (Wildman–Crippen LogP) is 8.30. The van der Waals surface area contributed by atoms with Gasteiger partial charge in [0.1, 0.15) is 17.1 Å². The Labute approximate surface area is 240 Å². The second kappa shape index (κ2) is 9.83. The first-order chi connectivity index (χ1) is 18.6. The molecular weight excluding hydrogens is 665 g/mol. The number of nitrogens with zero attached hydrogens (tertiary/aromatic N) is 3. The van der Waals surface area contributed by atoms with Crippen molar-refractivity contribution in [2.45, 2.75) is 19.8 Å². The van der Waals surface area contributed by atoms with Crippen LogP contribution in [0.2, 0.25) is 0 Å². The fraction of sp³-hybridized carbons (Fsp3) is 0.0909. The van der Waals surface area contributed by atoms with Gasteiger partial charge in [-0.15, -0.1) is 17.5 Å². The zero-order valence-corrected chi connectivity index (χ0v) is 23.6. The predicted molar refractivity (Wildman–Crippen MR) is 152 cm³/mol. The summed E-state index contributed by atoms with van der Waals surface area (Å²) in [5, 5.41) is 15.4. The molecule has 6 heteroatoms. The number of fused-ring (bicyclic) bond motifs is 6. The first-order valence-corrected chi connectivity index (χ1v) is 12.7. The van der Waals surface area contributed by atoms with Crippen LogP contribution >= 0.6 is 0 Å². The molecule has 0 fully saturated rings. The van der Waals surface area contributed by atoms with E-state index in [1.807, 2.05) is 60.8 Å². The first-order valence-electron chi connectivity index (χ1n) is 12.7. The van der Waals surface area contributed by atoms with Gasteiger partial charge < -0.3 is 14.4 Å². The Balaban J connectivity index is 0.00000277. The van der Waals surface area contributed by atoms with Crippen LogP contribution in [0, 0.1) is 6.07 Å². The van der Waals surface area contributed by atoms with Gasteiger partial charge in [-0.3, -0.25) is 0 Å². The van der Waals surface area contributed by atoms with E-state index in [0.29, 0.717) is 23.1 Å². The Hall–Kier alpha value is -4.21. The third-order valence-electron chi connectivity index (χ3n) is 7.10. The molecule has 0 unspecified atom stereocenters. The van der Waals surface area contributed by atoms with Crippen molar-refractivity contribution in [2.24, 2.45) is 0 Å². The summed E-state index contributed by atoms with van der Waals surface area (Å²) >= 11 is 0. The molecule has 3 aromatic heterocycles. The van der Waals surface area contributed by atoms with Crippen molar-refractivity contribution in [1.29, 1.82) is 0 Å². The average Bonchev–Trinajstić information content (AvgIpc) is 3.27. The standard InChI is InChI=1S/C33H24N3O2.Pt/c1-20(2)21-16-17-34-31(18-21)36-28-12-6-5-9-24(28)25-15-14-22(19-29(25)36)38-33-27-10-4-3-8-23(27)26-11-7-13-30(37)32(26)35-33;/h3-18,20,37H,1-2H3;/q-1;. The smallest absolute Gasteiger partial charge is 0.225 e. The van der Waals surface area contributed by atoms with E-state index in [0.717, 1.165) is 43.8 Å². The van der Waals surface area contributed by atoms with Crippen LogP contribution < -0.4 is 4.74 Å². The Kier molecular flexibility index (Phi) is 6.32. The number of para-hydroxylation sites is 2. The van der Waals surface area contributed by atoms with Crippen molar-refractivity contribution in [2.75, 3.05) is 0 Å². The van der Waals surface area contributed by atoms with Crippen LogP contribution in [0.5, 0.6) is 17.4 Å². The molecule has 0 amide bonds. The summed E-state index contributed by atoms with van der Waals surface area (Å²) in [6.07, 6.45) is 1.86. The molecule has 39 heavy (non-hydrogen) atoms. The fourth-order valence-electron chi connectivity index (χ4n) is 5.20. The van der Waals surface area contributed by atoms with Gasteiger partial charge in [0.2, 0.25) is 5.88 Å². The number of aromatic nitrogens is 3. The molecule has 0 aliphatic rings. The van der Waals surface area contributed by atoms with E-state index in [9.17, 15) is 5.11 Å². The summed E-state index contributed by atoms with van der Waals surface area (Å²) in [4.78, 5) is 9.45. The number of phenolic OH excluding ortho intramolecular Hbond substituents is 1. The van der Waals surface area contributed by atoms with Crippen molar-refractivity contribution < 1.29 is 30.9 Å². The van der Waals surface area contributed by atoms with Crippen LogP contribution in [-0.2, 0) is 21.1 Å². The van der Waals surface area contributed by atoms with Crippen molar-refractivity contribution in [3.05, 3.63) is 109 Å². The minimum Gasteiger partial charge on any atom is -0.506 e. The van der Waals surface area contributed by atoms with Crippen molar-refractivity contribution in [3.8, 4) is 23.2 Å². The van der Waals surface area contributed by atoms with Crippen LogP contribution in [0.1, 0.15) is 25.3 Å². The van der Waals surface area contributed by atoms with Gasteiger partial charge in [0.15, 0.2) is 0 Å². The van der Waals surface area contributed by atoms with Crippen molar-refractivity contribution in [3.63, 3.8) is 0 Å². The van der Waals surface area contributed by atoms with Crippen molar-refractivity contribution >= 4 is 43.5 Å². The number of benzene rings is 4. The molecule has 5 nitrogen and oxygen atoms in total. The Morgan fingerprint density at radius 3 is 2.36 bits per heavy atom. The largest absolute Gasteiger partial charge is 0.506 e. The van der Waals surface area contributed by atoms with Gasteiger partial charge in [0.05, 0.1) is 0 Å². The van der Waals surface area contributed by atoms with Crippen molar-refractivity contribution in [1.82, 2.24) is 14.5 Å². The summed E-state index contributed by atoms with van der Waals surface area (Å²) in [5.41, 5.74) is 3.67. The summed E-state index contributed by atoms with van der Waals surface area (Å²) < 4.78 is 8.54. The van der Waals surface area contributed by atoms with Gasteiger partial charge in [0, 0.05) is 49.3 Å². The third kappa shape index (κ3) is 4.14. The topological polar surface area (TPSA) is 60.2 Å². The number of ether oxygens (including phenoxy) is 1. The van der Waals surface area contributed by atoms with E-state index < -0.39 is 0 Å². The van der Waals surface area contributed by atoms with Crippen LogP contribution in [0.3, 0.4) is 0 Å². The molecule has 0 saturated carbocycles. The molecule has 4 aromatic carbocycles. The second-order valence-corrected chi connectivity index (χ2v) is 9.78. The van der Waals surface area contributed by atoms with E-state index in [1.54, 1.807) is 6.07 Å². The summed E-state index contributed by atoms with van der Waals surface area (Å²) in [6.45, 7) is 4.36. The van der Waals surface area contributed by atoms with E-state index in [4.69, 9.17) is 14.7 Å². The Morgan fingerprint density at radius 1 is 0.795 bits per heavy atom. The molecule has 3 heterocycles. The molecule has 0 spiro atoms. The molecule has 1 N–H and O–H groups in total. The zero-order chi connectivity index (χ0) is 25.8. The van der Waals surface area contributed by atoms with Gasteiger partial charge >= 0.3 is 0 Å². The van der Waals surface area contributed by atoms with Gasteiger partial charge in [-0.25, -0.2) is 9.97 Å². The summed E-state index contributed by atoms with van der Waals surface area (Å²) in [7, 11) is 0. The van der Waals surface area contributed by atoms with Gasteiger partial charge in [-0.1, -0.05) is 67.9 Å². The maximum atomic E-state index is 10.5. The first kappa shape index (κ1) is 25.1. The van der Waals surface area contributed by atoms with Crippen LogP contribution in [-0.4, -0.2) is 19.6 Å². The average molecular weight is 690 g/mol. The minimum atomic E-state index is 0. The summed E-state index contributed by atoms with van der Waals surface area (Å²) in [5.74, 6) is 2.31. The Morgan fingerprint density at radius 2 is 1.54 bits per heavy atom. The number of hydrogen-bond acceptors (Lipinski definition) is 4. The number of pyridine rings is 2. The molecule has 0 saturated heterocycles. The third-order valence-corrected chi connectivity index (χ3v) is 7.10. The molecular formula is C33H24N3O2Pt-. The molecule has 0 atom stereocenters. The maximum Gasteiger partial charge on any atom is 0.225 e. The number of phenols is 1. The van der Waals surface area contributed by atoms with Crippen LogP contribution in [0.4, 0.5) is 0 Å². The zero-order valence-electron chi connectivity index (χ0n) is 21.3. The molecule has 0 bridgehead atoms. The van der Waals surface area contributed by atoms with Gasteiger partial charge in [-0.2, -0.15) is 6.07 Å². The SMILES string of the molecule is CC(C)c1ccnc(-n2c3[c-]c(Oc4nc5c(O)cccc5c5ccccc45)ccc3c3ccccc32)c1.[Pt]. The normalized spacial score (nSPS) is 11.5. The van der Waals surface area contributed by atoms with E-state index in [2.05, 4.69) is 54.8 Å². The quantitative estimate of drug-likeness (QED) is 0.149. The molecule has 194 valence electrons. The van der Waals surface area contributed by atoms with E-state index in [1.165, 1.54) is 5.56 Å². The van der Waals surface area contributed by atoms with Gasteiger partial charge in [0.25, 0.3) is 0 Å². The molecule has 7 aromatic rings. The van der Waals surface area contributed by atoms with Crippen LogP contribution in [0.15, 0.2) is 97.2 Å². The van der Waals surface area contributed by atoms with E-state index >= 15 is 0 Å². The van der Waals surface area contributed by atoms with Crippen LogP contribution in [0.25, 0.3) is 49.3 Å². The molecule has 0 aliphatic carbocycles. The monoisotopic (exact) mass is 689 g/mol. The van der Waals surface area contributed by atoms with Gasteiger partial charge in [-0.05, 0) is 52.6 Å². The van der Waals surface area contributed by atoms with E-state index in [-0.39, 0.29) is 26.8 Å². The second-order valence-electron chi connectivity index (χ2n) is 9.78. The molecule has 0 aliphatic heterocycles. The molecule has 0 radical (unpaired) electrons. The number of rotatable bonds is 4. The maximum absolute atomic E-state index is 10.5.